The topological polar surface area (TPSA) is 75.3 Å². The molecule has 26 heavy (non-hydrogen) atoms. The van der Waals surface area contributed by atoms with Gasteiger partial charge in [0.1, 0.15) is 28.7 Å². The number of benzene rings is 2. The Balaban J connectivity index is 1.99. The van der Waals surface area contributed by atoms with Gasteiger partial charge in [-0.05, 0) is 24.3 Å². The molecule has 0 aliphatic carbocycles. The monoisotopic (exact) mass is 346 g/mol. The molecule has 0 saturated carbocycles. The number of carbonyl (C=O) groups excluding carboxylic acids is 1. The highest BCUT2D eigenvalue weighted by Crippen LogP contribution is 2.29. The first-order chi connectivity index (χ1) is 12.7. The molecule has 130 valence electrons. The molecule has 0 saturated heterocycles. The first-order valence-corrected chi connectivity index (χ1v) is 8.24. The minimum absolute atomic E-state index is 0.00263. The molecule has 0 spiro atoms. The van der Waals surface area contributed by atoms with Crippen LogP contribution in [0, 0.1) is 11.3 Å². The summed E-state index contributed by atoms with van der Waals surface area (Å²) in [4.78, 5) is 12.6. The van der Waals surface area contributed by atoms with Gasteiger partial charge in [0, 0.05) is 17.4 Å². The fraction of sp³-hybridized carbons (Fsp3) is 0.143. The van der Waals surface area contributed by atoms with Crippen molar-refractivity contribution in [2.24, 2.45) is 0 Å². The van der Waals surface area contributed by atoms with Crippen molar-refractivity contribution in [1.82, 2.24) is 0 Å². The number of ether oxygens (including phenoxy) is 1. The van der Waals surface area contributed by atoms with Crippen LogP contribution in [-0.2, 0) is 11.2 Å². The smallest absolute Gasteiger partial charge is 0.266 e. The number of carbonyl (C=O) groups is 1. The lowest BCUT2D eigenvalue weighted by Gasteiger charge is -2.09. The molecule has 2 aromatic carbocycles. The van der Waals surface area contributed by atoms with Gasteiger partial charge in [-0.2, -0.15) is 5.26 Å². The number of methoxy groups -OCH3 is 1. The van der Waals surface area contributed by atoms with Gasteiger partial charge in [0.15, 0.2) is 0 Å². The number of aryl methyl sites for hydroxylation is 1. The van der Waals surface area contributed by atoms with Crippen LogP contribution < -0.4 is 10.1 Å². The summed E-state index contributed by atoms with van der Waals surface area (Å²) in [7, 11) is 1.52. The molecule has 0 aliphatic heterocycles. The number of hydrogen-bond donors (Lipinski definition) is 1. The molecule has 1 aromatic heterocycles. The molecule has 5 heteroatoms. The molecular formula is C21H18N2O3. The summed E-state index contributed by atoms with van der Waals surface area (Å²) < 4.78 is 11.1. The Hall–Kier alpha value is -3.52. The van der Waals surface area contributed by atoms with Crippen LogP contribution in [0.2, 0.25) is 0 Å². The first kappa shape index (κ1) is 17.3. The van der Waals surface area contributed by atoms with E-state index in [1.54, 1.807) is 30.3 Å². The van der Waals surface area contributed by atoms with Crippen LogP contribution in [-0.4, -0.2) is 13.0 Å². The van der Waals surface area contributed by atoms with E-state index in [1.165, 1.54) is 7.11 Å². The summed E-state index contributed by atoms with van der Waals surface area (Å²) in [6.07, 6.45) is 2.24. The second kappa shape index (κ2) is 7.58. The van der Waals surface area contributed by atoms with E-state index >= 15 is 0 Å². The van der Waals surface area contributed by atoms with Gasteiger partial charge in [-0.1, -0.05) is 37.3 Å². The fourth-order valence-electron chi connectivity index (χ4n) is 2.77. The van der Waals surface area contributed by atoms with Gasteiger partial charge < -0.3 is 14.5 Å². The average Bonchev–Trinajstić information content (AvgIpc) is 3.04. The van der Waals surface area contributed by atoms with Crippen LogP contribution in [0.5, 0.6) is 5.75 Å². The van der Waals surface area contributed by atoms with E-state index in [9.17, 15) is 10.1 Å². The highest BCUT2D eigenvalue weighted by Gasteiger charge is 2.16. The Kier molecular flexibility index (Phi) is 5.04. The summed E-state index contributed by atoms with van der Waals surface area (Å²) >= 11 is 0. The van der Waals surface area contributed by atoms with E-state index in [2.05, 4.69) is 5.32 Å². The van der Waals surface area contributed by atoms with Crippen LogP contribution in [0.4, 0.5) is 5.69 Å². The number of nitrogens with one attached hydrogen (secondary N) is 1. The van der Waals surface area contributed by atoms with Crippen molar-refractivity contribution >= 4 is 28.6 Å². The minimum Gasteiger partial charge on any atom is -0.495 e. The summed E-state index contributed by atoms with van der Waals surface area (Å²) in [5.74, 6) is 0.773. The van der Waals surface area contributed by atoms with Crippen LogP contribution in [0.3, 0.4) is 0 Å². The number of para-hydroxylation sites is 3. The lowest BCUT2D eigenvalue weighted by molar-refractivity contribution is -0.112. The molecule has 0 aliphatic rings. The Labute approximate surface area is 151 Å². The van der Waals surface area contributed by atoms with Gasteiger partial charge in [0.05, 0.1) is 12.8 Å². The molecule has 1 amide bonds. The van der Waals surface area contributed by atoms with Crippen molar-refractivity contribution in [2.45, 2.75) is 13.3 Å². The molecule has 3 rings (SSSR count). The highest BCUT2D eigenvalue weighted by atomic mass is 16.5. The maximum Gasteiger partial charge on any atom is 0.266 e. The number of amides is 1. The van der Waals surface area contributed by atoms with Crippen LogP contribution in [0.25, 0.3) is 17.0 Å². The summed E-state index contributed by atoms with van der Waals surface area (Å²) in [6, 6.07) is 16.6. The normalized spacial score (nSPS) is 11.2. The van der Waals surface area contributed by atoms with Crippen molar-refractivity contribution in [3.05, 3.63) is 65.4 Å². The van der Waals surface area contributed by atoms with E-state index in [0.29, 0.717) is 17.9 Å². The van der Waals surface area contributed by atoms with E-state index in [1.807, 2.05) is 37.3 Å². The van der Waals surface area contributed by atoms with Crippen molar-refractivity contribution < 1.29 is 13.9 Å². The minimum atomic E-state index is -0.496. The maximum absolute atomic E-state index is 12.6. The van der Waals surface area contributed by atoms with Crippen molar-refractivity contribution in [1.29, 1.82) is 5.26 Å². The van der Waals surface area contributed by atoms with Crippen molar-refractivity contribution in [2.75, 3.05) is 12.4 Å². The summed E-state index contributed by atoms with van der Waals surface area (Å²) in [6.45, 7) is 1.97. The summed E-state index contributed by atoms with van der Waals surface area (Å²) in [5.41, 5.74) is 2.00. The van der Waals surface area contributed by atoms with Crippen LogP contribution in [0.15, 0.2) is 58.5 Å². The Morgan fingerprint density at radius 1 is 1.23 bits per heavy atom. The van der Waals surface area contributed by atoms with Gasteiger partial charge in [-0.3, -0.25) is 4.79 Å². The van der Waals surface area contributed by atoms with E-state index in [-0.39, 0.29) is 5.57 Å². The van der Waals surface area contributed by atoms with Gasteiger partial charge in [-0.15, -0.1) is 0 Å². The predicted molar refractivity (Wildman–Crippen MR) is 101 cm³/mol. The molecular weight excluding hydrogens is 328 g/mol. The molecule has 0 unspecified atom stereocenters. The molecule has 0 atom stereocenters. The molecule has 0 fully saturated rings. The molecule has 3 aromatic rings. The second-order valence-corrected chi connectivity index (χ2v) is 5.61. The van der Waals surface area contributed by atoms with E-state index in [4.69, 9.17) is 9.15 Å². The molecule has 1 N–H and O–H groups in total. The zero-order chi connectivity index (χ0) is 18.5. The van der Waals surface area contributed by atoms with Crippen molar-refractivity contribution in [3.8, 4) is 11.8 Å². The average molecular weight is 346 g/mol. The number of nitriles is 1. The third-order valence-electron chi connectivity index (χ3n) is 4.04. The quantitative estimate of drug-likeness (QED) is 0.543. The predicted octanol–water partition coefficient (Wildman–Crippen LogP) is 4.55. The molecule has 5 nitrogen and oxygen atoms in total. The number of fused-ring (bicyclic) bond motifs is 1. The number of nitrogens with zero attached hydrogens (tertiary/aromatic N) is 1. The zero-order valence-corrected chi connectivity index (χ0v) is 14.6. The number of furan rings is 1. The number of rotatable bonds is 5. The van der Waals surface area contributed by atoms with Gasteiger partial charge in [0.2, 0.25) is 0 Å². The maximum atomic E-state index is 12.6. The lowest BCUT2D eigenvalue weighted by Crippen LogP contribution is -2.14. The Bertz CT molecular complexity index is 1030. The zero-order valence-electron chi connectivity index (χ0n) is 14.6. The molecule has 0 radical (unpaired) electrons. The molecule has 0 bridgehead atoms. The Morgan fingerprint density at radius 2 is 1.96 bits per heavy atom. The standard InChI is InChI=1S/C21H18N2O3/c1-3-18-16(15-8-4-6-10-19(15)26-18)12-14(13-22)21(24)23-17-9-5-7-11-20(17)25-2/h4-12H,3H2,1-2H3,(H,23,24)/b14-12+. The SMILES string of the molecule is CCc1oc2ccccc2c1/C=C(\C#N)C(=O)Nc1ccccc1OC. The van der Waals surface area contributed by atoms with Crippen LogP contribution in [0.1, 0.15) is 18.2 Å². The number of anilines is 1. The lowest BCUT2D eigenvalue weighted by atomic mass is 10.1. The van der Waals surface area contributed by atoms with Gasteiger partial charge in [-0.25, -0.2) is 0 Å². The highest BCUT2D eigenvalue weighted by molar-refractivity contribution is 6.11. The van der Waals surface area contributed by atoms with Gasteiger partial charge in [0.25, 0.3) is 5.91 Å². The Morgan fingerprint density at radius 3 is 2.69 bits per heavy atom. The summed E-state index contributed by atoms with van der Waals surface area (Å²) in [5, 5.41) is 13.1. The second-order valence-electron chi connectivity index (χ2n) is 5.61. The van der Waals surface area contributed by atoms with Crippen LogP contribution >= 0.6 is 0 Å². The fourth-order valence-corrected chi connectivity index (χ4v) is 2.77. The largest absolute Gasteiger partial charge is 0.495 e. The molecule has 1 heterocycles. The van der Waals surface area contributed by atoms with E-state index in [0.717, 1.165) is 22.3 Å². The van der Waals surface area contributed by atoms with Crippen molar-refractivity contribution in [3.63, 3.8) is 0 Å². The van der Waals surface area contributed by atoms with E-state index < -0.39 is 5.91 Å². The number of hydrogen-bond acceptors (Lipinski definition) is 4. The van der Waals surface area contributed by atoms with Gasteiger partial charge >= 0.3 is 0 Å². The third kappa shape index (κ3) is 3.31. The third-order valence-corrected chi connectivity index (χ3v) is 4.04. The first-order valence-electron chi connectivity index (χ1n) is 8.24.